The van der Waals surface area contributed by atoms with Crippen LogP contribution in [-0.2, 0) is 0 Å². The second-order valence-electron chi connectivity index (χ2n) is 2.10. The molecule has 54 valence electrons. The van der Waals surface area contributed by atoms with Crippen LogP contribution in [0.15, 0.2) is 26.3 Å². The van der Waals surface area contributed by atoms with Gasteiger partial charge in [-0.3, -0.25) is 4.79 Å². The van der Waals surface area contributed by atoms with E-state index in [9.17, 15) is 9.59 Å². The van der Waals surface area contributed by atoms with E-state index in [0.29, 0.717) is 5.56 Å². The van der Waals surface area contributed by atoms with Crippen molar-refractivity contribution in [1.29, 1.82) is 0 Å². The number of rotatable bonds is 0. The largest absolute Gasteiger partial charge is 0.421 e. The zero-order chi connectivity index (χ0) is 7.84. The Bertz CT molecular complexity index is 402. The molecule has 0 N–H and O–H groups in total. The van der Waals surface area contributed by atoms with Crippen LogP contribution in [-0.4, -0.2) is 12.1 Å². The molecule has 4 nitrogen and oxygen atoms in total. The van der Waals surface area contributed by atoms with E-state index in [1.54, 1.807) is 0 Å². The topological polar surface area (TPSA) is 59.6 Å². The first-order chi connectivity index (χ1) is 5.27. The van der Waals surface area contributed by atoms with Gasteiger partial charge < -0.3 is 4.42 Å². The summed E-state index contributed by atoms with van der Waals surface area (Å²) in [5, 5.41) is 0. The number of fused-ring (bicyclic) bond motifs is 1. The predicted octanol–water partition coefficient (Wildman–Crippen LogP) is 0.213. The lowest BCUT2D eigenvalue weighted by Crippen LogP contribution is -2.01. The van der Waals surface area contributed by atoms with Crippen LogP contribution in [0, 0.1) is 0 Å². The zero-order valence-electron chi connectivity index (χ0n) is 5.40. The Morgan fingerprint density at radius 3 is 2.91 bits per heavy atom. The maximum absolute atomic E-state index is 10.8. The average Bonchev–Trinajstić information content (AvgIpc) is 2.32. The van der Waals surface area contributed by atoms with Crippen molar-refractivity contribution >= 4 is 12.1 Å². The molecule has 1 aromatic heterocycles. The Morgan fingerprint density at radius 2 is 2.09 bits per heavy atom. The summed E-state index contributed by atoms with van der Waals surface area (Å²) < 4.78 is 4.66. The van der Waals surface area contributed by atoms with E-state index < -0.39 is 5.63 Å². The molecule has 0 radical (unpaired) electrons. The molecular formula is C7H3NO3. The molecule has 1 amide bonds. The number of carbonyl (C=O) groups is 1. The highest BCUT2D eigenvalue weighted by Crippen LogP contribution is 2.10. The van der Waals surface area contributed by atoms with Crippen molar-refractivity contribution in [1.82, 2.24) is 0 Å². The van der Waals surface area contributed by atoms with E-state index in [1.165, 1.54) is 18.3 Å². The Morgan fingerprint density at radius 1 is 1.27 bits per heavy atom. The van der Waals surface area contributed by atoms with Gasteiger partial charge in [-0.2, -0.15) is 0 Å². The van der Waals surface area contributed by atoms with Crippen LogP contribution in [0.3, 0.4) is 0 Å². The molecule has 0 aromatic carbocycles. The van der Waals surface area contributed by atoms with Gasteiger partial charge in [-0.25, -0.2) is 9.79 Å². The monoisotopic (exact) mass is 149 g/mol. The summed E-state index contributed by atoms with van der Waals surface area (Å²) in [7, 11) is 0. The summed E-state index contributed by atoms with van der Waals surface area (Å²) in [6.07, 6.45) is 1.25. The van der Waals surface area contributed by atoms with Gasteiger partial charge in [0.15, 0.2) is 5.76 Å². The van der Waals surface area contributed by atoms with Crippen LogP contribution < -0.4 is 5.63 Å². The number of aliphatic imine (C=N–C) groups is 1. The fourth-order valence-corrected chi connectivity index (χ4v) is 0.890. The van der Waals surface area contributed by atoms with Crippen LogP contribution >= 0.6 is 0 Å². The van der Waals surface area contributed by atoms with Gasteiger partial charge in [0.1, 0.15) is 0 Å². The van der Waals surface area contributed by atoms with Crippen molar-refractivity contribution in [2.75, 3.05) is 0 Å². The average molecular weight is 149 g/mol. The molecule has 11 heavy (non-hydrogen) atoms. The van der Waals surface area contributed by atoms with Gasteiger partial charge in [-0.15, -0.1) is 0 Å². The smallest absolute Gasteiger partial charge is 0.336 e. The predicted molar refractivity (Wildman–Crippen MR) is 36.9 cm³/mol. The van der Waals surface area contributed by atoms with Gasteiger partial charge >= 0.3 is 5.63 Å². The Balaban J connectivity index is 2.76. The molecule has 0 unspecified atom stereocenters. The quantitative estimate of drug-likeness (QED) is 0.529. The normalized spacial score (nSPS) is 13.6. The van der Waals surface area contributed by atoms with Crippen LogP contribution in [0.25, 0.3) is 0 Å². The highest BCUT2D eigenvalue weighted by molar-refractivity contribution is 6.11. The number of amides is 1. The van der Waals surface area contributed by atoms with E-state index in [0.717, 1.165) is 0 Å². The molecule has 0 aliphatic carbocycles. The van der Waals surface area contributed by atoms with Gasteiger partial charge in [0.2, 0.25) is 0 Å². The molecule has 1 aliphatic heterocycles. The van der Waals surface area contributed by atoms with Gasteiger partial charge in [-0.1, -0.05) is 0 Å². The number of hydrogen-bond acceptors (Lipinski definition) is 3. The van der Waals surface area contributed by atoms with Crippen molar-refractivity contribution in [2.45, 2.75) is 0 Å². The van der Waals surface area contributed by atoms with Gasteiger partial charge in [0.25, 0.3) is 5.91 Å². The summed E-state index contributed by atoms with van der Waals surface area (Å²) in [6, 6.07) is 2.61. The highest BCUT2D eigenvalue weighted by Gasteiger charge is 2.16. The summed E-state index contributed by atoms with van der Waals surface area (Å²) in [5.74, 6) is -0.105. The minimum Gasteiger partial charge on any atom is -0.421 e. The molecule has 0 bridgehead atoms. The van der Waals surface area contributed by atoms with Crippen LogP contribution in [0.1, 0.15) is 16.1 Å². The summed E-state index contributed by atoms with van der Waals surface area (Å²) in [5.41, 5.74) is -0.116. The van der Waals surface area contributed by atoms with Crippen LogP contribution in [0.5, 0.6) is 0 Å². The number of hydrogen-bond donors (Lipinski definition) is 0. The third kappa shape index (κ3) is 0.797. The lowest BCUT2D eigenvalue weighted by molar-refractivity contribution is 0.101. The molecule has 0 spiro atoms. The summed E-state index contributed by atoms with van der Waals surface area (Å²) in [4.78, 5) is 24.9. The standard InChI is InChI=1S/C7H3NO3/c9-6-2-1-4-5(11-6)3-8-7(4)10/h1-3H. The lowest BCUT2D eigenvalue weighted by atomic mass is 10.2. The van der Waals surface area contributed by atoms with Crippen molar-refractivity contribution in [3.8, 4) is 0 Å². The first-order valence-corrected chi connectivity index (χ1v) is 3.00. The van der Waals surface area contributed by atoms with Crippen molar-refractivity contribution < 1.29 is 9.21 Å². The Labute approximate surface area is 61.2 Å². The third-order valence-corrected chi connectivity index (χ3v) is 1.39. The molecule has 0 atom stereocenters. The van der Waals surface area contributed by atoms with Gasteiger partial charge in [-0.05, 0) is 6.07 Å². The van der Waals surface area contributed by atoms with Gasteiger partial charge in [0, 0.05) is 6.07 Å². The van der Waals surface area contributed by atoms with E-state index in [-0.39, 0.29) is 11.7 Å². The Hall–Kier alpha value is -1.71. The lowest BCUT2D eigenvalue weighted by Gasteiger charge is -1.89. The summed E-state index contributed by atoms with van der Waals surface area (Å²) >= 11 is 0. The molecule has 0 saturated heterocycles. The van der Waals surface area contributed by atoms with Crippen molar-refractivity contribution in [3.63, 3.8) is 0 Å². The zero-order valence-corrected chi connectivity index (χ0v) is 5.40. The second-order valence-corrected chi connectivity index (χ2v) is 2.10. The molecular weight excluding hydrogens is 146 g/mol. The van der Waals surface area contributed by atoms with Crippen LogP contribution in [0.4, 0.5) is 0 Å². The molecule has 4 heteroatoms. The van der Waals surface area contributed by atoms with Crippen LogP contribution in [0.2, 0.25) is 0 Å². The summed E-state index contributed by atoms with van der Waals surface area (Å²) in [6.45, 7) is 0. The second kappa shape index (κ2) is 1.88. The van der Waals surface area contributed by atoms with E-state index in [1.807, 2.05) is 0 Å². The molecule has 0 saturated carbocycles. The van der Waals surface area contributed by atoms with Crippen molar-refractivity contribution in [3.05, 3.63) is 33.9 Å². The first kappa shape index (κ1) is 6.03. The van der Waals surface area contributed by atoms with E-state index >= 15 is 0 Å². The minimum absolute atomic E-state index is 0.252. The van der Waals surface area contributed by atoms with E-state index in [4.69, 9.17) is 0 Å². The minimum atomic E-state index is -0.468. The third-order valence-electron chi connectivity index (χ3n) is 1.39. The van der Waals surface area contributed by atoms with Gasteiger partial charge in [0.05, 0.1) is 11.8 Å². The first-order valence-electron chi connectivity index (χ1n) is 3.00. The maximum atomic E-state index is 10.8. The molecule has 2 heterocycles. The van der Waals surface area contributed by atoms with Crippen molar-refractivity contribution in [2.24, 2.45) is 4.99 Å². The Kier molecular flexibility index (Phi) is 1.03. The fourth-order valence-electron chi connectivity index (χ4n) is 0.890. The molecule has 0 fully saturated rings. The highest BCUT2D eigenvalue weighted by atomic mass is 16.4. The number of nitrogens with zero attached hydrogens (tertiary/aromatic N) is 1. The molecule has 1 aliphatic rings. The maximum Gasteiger partial charge on any atom is 0.336 e. The number of carbonyl (C=O) groups excluding carboxylic acids is 1. The fraction of sp³-hybridized carbons (Fsp3) is 0. The molecule has 2 rings (SSSR count). The molecule has 1 aromatic rings. The SMILES string of the molecule is O=C1N=Cc2oc(=O)ccc21. The van der Waals surface area contributed by atoms with E-state index in [2.05, 4.69) is 9.41 Å².